The highest BCUT2D eigenvalue weighted by Gasteiger charge is 2.32. The third-order valence-electron chi connectivity index (χ3n) is 4.36. The molecule has 0 aliphatic rings. The van der Waals surface area contributed by atoms with Crippen LogP contribution in [0.5, 0.6) is 0 Å². The molecule has 0 heterocycles. The van der Waals surface area contributed by atoms with Gasteiger partial charge in [-0.3, -0.25) is 0 Å². The fraction of sp³-hybridized carbons (Fsp3) is 0.435. The van der Waals surface area contributed by atoms with Crippen molar-refractivity contribution in [3.05, 3.63) is 60.7 Å². The average molecular weight is 387 g/mol. The van der Waals surface area contributed by atoms with Gasteiger partial charge in [0.25, 0.3) is 0 Å². The molecule has 26 heavy (non-hydrogen) atoms. The van der Waals surface area contributed by atoms with Crippen LogP contribution in [0.25, 0.3) is 0 Å². The van der Waals surface area contributed by atoms with Gasteiger partial charge in [0.05, 0.1) is 4.08 Å². The zero-order chi connectivity index (χ0) is 18.7. The molecule has 0 aromatic heterocycles. The van der Waals surface area contributed by atoms with Crippen LogP contribution in [0.3, 0.4) is 0 Å². The predicted molar refractivity (Wildman–Crippen MR) is 116 cm³/mol. The summed E-state index contributed by atoms with van der Waals surface area (Å²) in [6, 6.07) is 21.3. The first-order valence-corrected chi connectivity index (χ1v) is 11.2. The van der Waals surface area contributed by atoms with Crippen molar-refractivity contribution in [3.8, 4) is 0 Å². The van der Waals surface area contributed by atoms with E-state index >= 15 is 0 Å². The number of hydrogen-bond acceptors (Lipinski definition) is 3. The Labute approximate surface area is 167 Å². The van der Waals surface area contributed by atoms with Crippen molar-refractivity contribution in [2.24, 2.45) is 0 Å². The molecule has 0 aliphatic carbocycles. The van der Waals surface area contributed by atoms with E-state index in [2.05, 4.69) is 67.6 Å². The lowest BCUT2D eigenvalue weighted by Crippen LogP contribution is -2.21. The molecule has 0 bridgehead atoms. The van der Waals surface area contributed by atoms with Crippen molar-refractivity contribution in [2.45, 2.75) is 72.7 Å². The molecule has 0 spiro atoms. The fourth-order valence-corrected chi connectivity index (χ4v) is 6.03. The Hall–Kier alpha value is -1.19. The molecule has 0 atom stereocenters. The Bertz CT molecular complexity index is 598. The van der Waals surface area contributed by atoms with Crippen molar-refractivity contribution >= 4 is 29.3 Å². The van der Waals surface area contributed by atoms with Gasteiger partial charge in [-0.15, -0.1) is 23.5 Å². The molecule has 2 rings (SSSR count). The summed E-state index contributed by atoms with van der Waals surface area (Å²) in [5.41, 5.74) is 0. The lowest BCUT2D eigenvalue weighted by Gasteiger charge is -2.33. The van der Waals surface area contributed by atoms with Gasteiger partial charge in [-0.25, -0.2) is 0 Å². The largest absolute Gasteiger partial charge is 0.300 e. The zero-order valence-electron chi connectivity index (χ0n) is 15.9. The monoisotopic (exact) mass is 386 g/mol. The third-order valence-corrected chi connectivity index (χ3v) is 7.44. The standard InChI is InChI=1S/C23H30OS2/c1-3-4-5-12-18-23(19-17-20(2)24,25-21-13-8-6-9-14-21)26-22-15-10-7-11-16-22/h6-11,13-16H,3-5,12,17-19H2,1-2H3. The second kappa shape index (κ2) is 11.5. The molecule has 0 radical (unpaired) electrons. The number of unbranched alkanes of at least 4 members (excludes halogenated alkanes) is 3. The van der Waals surface area contributed by atoms with Gasteiger partial charge in [-0.2, -0.15) is 0 Å². The number of Topliss-reactive ketones (excluding diaryl/α,β-unsaturated/α-hetero) is 1. The lowest BCUT2D eigenvalue weighted by molar-refractivity contribution is -0.117. The minimum Gasteiger partial charge on any atom is -0.300 e. The van der Waals surface area contributed by atoms with Gasteiger partial charge in [0, 0.05) is 16.2 Å². The highest BCUT2D eigenvalue weighted by atomic mass is 32.2. The first-order valence-electron chi connectivity index (χ1n) is 9.61. The van der Waals surface area contributed by atoms with E-state index < -0.39 is 0 Å². The highest BCUT2D eigenvalue weighted by molar-refractivity contribution is 8.18. The predicted octanol–water partition coefficient (Wildman–Crippen LogP) is 7.61. The van der Waals surface area contributed by atoms with E-state index in [1.165, 1.54) is 35.5 Å². The Morgan fingerprint density at radius 3 is 1.81 bits per heavy atom. The molecule has 0 fully saturated rings. The normalized spacial score (nSPS) is 11.5. The van der Waals surface area contributed by atoms with Gasteiger partial charge in [-0.05, 0) is 44.0 Å². The maximum absolute atomic E-state index is 11.8. The molecule has 2 aromatic carbocycles. The number of benzene rings is 2. The van der Waals surface area contributed by atoms with E-state index in [0.717, 1.165) is 12.8 Å². The van der Waals surface area contributed by atoms with Crippen LogP contribution >= 0.6 is 23.5 Å². The summed E-state index contributed by atoms with van der Waals surface area (Å²) < 4.78 is 0.00210. The molecular formula is C23H30OS2. The molecule has 2 aromatic rings. The Morgan fingerprint density at radius 1 is 0.808 bits per heavy atom. The minimum absolute atomic E-state index is 0.00210. The number of thioether (sulfide) groups is 2. The molecule has 0 aliphatic heterocycles. The van der Waals surface area contributed by atoms with Crippen LogP contribution in [0.15, 0.2) is 70.5 Å². The molecule has 3 heteroatoms. The van der Waals surface area contributed by atoms with Gasteiger partial charge in [-0.1, -0.05) is 69.0 Å². The van der Waals surface area contributed by atoms with Gasteiger partial charge >= 0.3 is 0 Å². The van der Waals surface area contributed by atoms with Gasteiger partial charge in [0.2, 0.25) is 0 Å². The molecular weight excluding hydrogens is 356 g/mol. The van der Waals surface area contributed by atoms with Crippen LogP contribution in [0.1, 0.15) is 58.8 Å². The van der Waals surface area contributed by atoms with Crippen molar-refractivity contribution in [3.63, 3.8) is 0 Å². The second-order valence-electron chi connectivity index (χ2n) is 6.75. The smallest absolute Gasteiger partial charge is 0.129 e. The summed E-state index contributed by atoms with van der Waals surface area (Å²) in [6.45, 7) is 3.96. The third kappa shape index (κ3) is 7.59. The SMILES string of the molecule is CCCCCCC(CCC(C)=O)(Sc1ccccc1)Sc1ccccc1. The van der Waals surface area contributed by atoms with Crippen LogP contribution in [0, 0.1) is 0 Å². The van der Waals surface area contributed by atoms with Gasteiger partial charge in [0.1, 0.15) is 5.78 Å². The Morgan fingerprint density at radius 2 is 1.35 bits per heavy atom. The van der Waals surface area contributed by atoms with Crippen LogP contribution < -0.4 is 0 Å². The molecule has 0 saturated carbocycles. The molecule has 0 saturated heterocycles. The van der Waals surface area contributed by atoms with E-state index in [4.69, 9.17) is 0 Å². The van der Waals surface area contributed by atoms with E-state index in [9.17, 15) is 4.79 Å². The molecule has 140 valence electrons. The first-order chi connectivity index (χ1) is 12.6. The van der Waals surface area contributed by atoms with Crippen LogP contribution in [0.2, 0.25) is 0 Å². The van der Waals surface area contributed by atoms with E-state index in [1.54, 1.807) is 6.92 Å². The maximum Gasteiger partial charge on any atom is 0.129 e. The average Bonchev–Trinajstić information content (AvgIpc) is 2.65. The van der Waals surface area contributed by atoms with Crippen molar-refractivity contribution in [2.75, 3.05) is 0 Å². The lowest BCUT2D eigenvalue weighted by atomic mass is 10.1. The molecule has 0 unspecified atom stereocenters. The second-order valence-corrected chi connectivity index (χ2v) is 9.93. The summed E-state index contributed by atoms with van der Waals surface area (Å²) in [5, 5.41) is 0. The minimum atomic E-state index is 0.00210. The number of carbonyl (C=O) groups excluding carboxylic acids is 1. The molecule has 0 amide bonds. The Kier molecular flexibility index (Phi) is 9.35. The van der Waals surface area contributed by atoms with E-state index in [1.807, 2.05) is 23.5 Å². The molecule has 0 N–H and O–H groups in total. The van der Waals surface area contributed by atoms with Crippen molar-refractivity contribution in [1.29, 1.82) is 0 Å². The number of hydrogen-bond donors (Lipinski definition) is 0. The first kappa shape index (κ1) is 21.1. The van der Waals surface area contributed by atoms with Crippen LogP contribution in [-0.4, -0.2) is 9.86 Å². The van der Waals surface area contributed by atoms with Crippen LogP contribution in [0.4, 0.5) is 0 Å². The number of rotatable bonds is 12. The highest BCUT2D eigenvalue weighted by Crippen LogP contribution is 2.51. The van der Waals surface area contributed by atoms with Gasteiger partial charge < -0.3 is 4.79 Å². The van der Waals surface area contributed by atoms with Crippen LogP contribution in [-0.2, 0) is 4.79 Å². The van der Waals surface area contributed by atoms with Crippen molar-refractivity contribution in [1.82, 2.24) is 0 Å². The summed E-state index contributed by atoms with van der Waals surface area (Å²) in [6.07, 6.45) is 7.70. The quantitative estimate of drug-likeness (QED) is 0.212. The number of ketones is 1. The summed E-state index contributed by atoms with van der Waals surface area (Å²) >= 11 is 3.88. The summed E-state index contributed by atoms with van der Waals surface area (Å²) in [4.78, 5) is 14.3. The molecule has 1 nitrogen and oxygen atoms in total. The zero-order valence-corrected chi connectivity index (χ0v) is 17.6. The van der Waals surface area contributed by atoms with E-state index in [-0.39, 0.29) is 9.86 Å². The number of carbonyl (C=O) groups is 1. The van der Waals surface area contributed by atoms with Gasteiger partial charge in [0.15, 0.2) is 0 Å². The maximum atomic E-state index is 11.8. The topological polar surface area (TPSA) is 17.1 Å². The summed E-state index contributed by atoms with van der Waals surface area (Å²) in [5.74, 6) is 0.283. The fourth-order valence-electron chi connectivity index (χ4n) is 2.94. The Balaban J connectivity index is 2.23. The van der Waals surface area contributed by atoms with Crippen molar-refractivity contribution < 1.29 is 4.79 Å². The summed E-state index contributed by atoms with van der Waals surface area (Å²) in [7, 11) is 0. The van der Waals surface area contributed by atoms with E-state index in [0.29, 0.717) is 6.42 Å².